The van der Waals surface area contributed by atoms with Crippen LogP contribution in [-0.2, 0) is 4.79 Å². The van der Waals surface area contributed by atoms with Gasteiger partial charge < -0.3 is 13.9 Å². The van der Waals surface area contributed by atoms with Gasteiger partial charge in [-0.1, -0.05) is 18.7 Å². The Balaban J connectivity index is 1.42. The number of benzene rings is 1. The zero-order valence-corrected chi connectivity index (χ0v) is 19.5. The number of aromatic nitrogens is 4. The fourth-order valence-corrected chi connectivity index (χ4v) is 5.15. The Morgan fingerprint density at radius 2 is 2.03 bits per heavy atom. The Bertz CT molecular complexity index is 1370. The predicted molar refractivity (Wildman–Crippen MR) is 130 cm³/mol. The highest BCUT2D eigenvalue weighted by molar-refractivity contribution is 7.17. The topological polar surface area (TPSA) is 106 Å². The average molecular weight is 477 g/mol. The SMILES string of the molecule is C=CC(=O)N1CCC[C@@H](n2c(NC(=O)c3ccc(-c4nnc(C)o4)s3)nc3ccccc32)CC1. The lowest BCUT2D eigenvalue weighted by molar-refractivity contribution is -0.125. The summed E-state index contributed by atoms with van der Waals surface area (Å²) in [5, 5.41) is 10.9. The van der Waals surface area contributed by atoms with E-state index in [1.54, 1.807) is 19.1 Å². The van der Waals surface area contributed by atoms with E-state index in [0.29, 0.717) is 35.7 Å². The van der Waals surface area contributed by atoms with Crippen molar-refractivity contribution in [2.45, 2.75) is 32.2 Å². The van der Waals surface area contributed by atoms with Gasteiger partial charge in [0, 0.05) is 26.1 Å². The maximum absolute atomic E-state index is 13.1. The molecule has 1 aliphatic rings. The van der Waals surface area contributed by atoms with Crippen molar-refractivity contribution in [2.75, 3.05) is 18.4 Å². The van der Waals surface area contributed by atoms with Gasteiger partial charge >= 0.3 is 0 Å². The van der Waals surface area contributed by atoms with Crippen LogP contribution in [0.15, 0.2) is 53.5 Å². The van der Waals surface area contributed by atoms with Gasteiger partial charge in [-0.25, -0.2) is 4.98 Å². The van der Waals surface area contributed by atoms with Crippen LogP contribution < -0.4 is 5.32 Å². The van der Waals surface area contributed by atoms with Gasteiger partial charge in [-0.05, 0) is 49.6 Å². The first-order valence-corrected chi connectivity index (χ1v) is 11.9. The quantitative estimate of drug-likeness (QED) is 0.427. The number of rotatable bonds is 5. The lowest BCUT2D eigenvalue weighted by atomic mass is 10.1. The molecule has 0 saturated carbocycles. The van der Waals surface area contributed by atoms with E-state index >= 15 is 0 Å². The number of anilines is 1. The Morgan fingerprint density at radius 3 is 2.82 bits per heavy atom. The zero-order valence-electron chi connectivity index (χ0n) is 18.7. The Kier molecular flexibility index (Phi) is 5.97. The van der Waals surface area contributed by atoms with Gasteiger partial charge in [0.2, 0.25) is 17.7 Å². The van der Waals surface area contributed by atoms with Crippen LogP contribution in [0, 0.1) is 6.92 Å². The predicted octanol–water partition coefficient (Wildman–Crippen LogP) is 4.45. The second-order valence-corrected chi connectivity index (χ2v) is 9.24. The number of imidazole rings is 1. The first-order chi connectivity index (χ1) is 16.5. The van der Waals surface area contributed by atoms with E-state index in [0.717, 1.165) is 35.2 Å². The number of aryl methyl sites for hydroxylation is 1. The van der Waals surface area contributed by atoms with Gasteiger partial charge in [-0.2, -0.15) is 0 Å². The van der Waals surface area contributed by atoms with Gasteiger partial charge in [0.25, 0.3) is 11.8 Å². The van der Waals surface area contributed by atoms with E-state index in [1.165, 1.54) is 17.4 Å². The molecule has 4 aromatic rings. The summed E-state index contributed by atoms with van der Waals surface area (Å²) in [4.78, 5) is 33.1. The molecule has 0 bridgehead atoms. The van der Waals surface area contributed by atoms with Crippen LogP contribution in [0.2, 0.25) is 0 Å². The number of carbonyl (C=O) groups is 2. The number of hydrogen-bond acceptors (Lipinski definition) is 7. The highest BCUT2D eigenvalue weighted by Gasteiger charge is 2.25. The summed E-state index contributed by atoms with van der Waals surface area (Å²) < 4.78 is 7.57. The Hall–Kier alpha value is -3.79. The molecule has 3 aromatic heterocycles. The second kappa shape index (κ2) is 9.22. The molecule has 1 aromatic carbocycles. The van der Waals surface area contributed by atoms with Crippen molar-refractivity contribution in [3.63, 3.8) is 0 Å². The number of fused-ring (bicyclic) bond motifs is 1. The highest BCUT2D eigenvalue weighted by atomic mass is 32.1. The normalized spacial score (nSPS) is 16.4. The number of nitrogens with one attached hydrogen (secondary N) is 1. The zero-order chi connectivity index (χ0) is 23.7. The minimum absolute atomic E-state index is 0.0467. The molecule has 1 aliphatic heterocycles. The van der Waals surface area contributed by atoms with Crippen molar-refractivity contribution < 1.29 is 14.0 Å². The summed E-state index contributed by atoms with van der Waals surface area (Å²) in [6.07, 6.45) is 3.87. The summed E-state index contributed by atoms with van der Waals surface area (Å²) in [5.74, 6) is 1.07. The summed E-state index contributed by atoms with van der Waals surface area (Å²) in [6.45, 7) is 6.66. The molecule has 1 saturated heterocycles. The Morgan fingerprint density at radius 1 is 1.18 bits per heavy atom. The van der Waals surface area contributed by atoms with Crippen molar-refractivity contribution >= 4 is 40.1 Å². The number of hydrogen-bond donors (Lipinski definition) is 1. The van der Waals surface area contributed by atoms with Crippen LogP contribution in [0.25, 0.3) is 21.8 Å². The molecule has 1 fully saturated rings. The van der Waals surface area contributed by atoms with Crippen molar-refractivity contribution in [1.82, 2.24) is 24.6 Å². The largest absolute Gasteiger partial charge is 0.420 e. The molecular formula is C24H24N6O3S. The molecule has 1 atom stereocenters. The molecule has 0 radical (unpaired) electrons. The molecule has 2 amide bonds. The number of thiophene rings is 1. The molecule has 0 aliphatic carbocycles. The van der Waals surface area contributed by atoms with Gasteiger partial charge in [-0.15, -0.1) is 21.5 Å². The molecular weight excluding hydrogens is 452 g/mol. The third kappa shape index (κ3) is 4.24. The third-order valence-corrected chi connectivity index (χ3v) is 7.01. The molecule has 0 unspecified atom stereocenters. The Labute approximate surface area is 200 Å². The maximum Gasteiger partial charge on any atom is 0.268 e. The van der Waals surface area contributed by atoms with Crippen LogP contribution in [0.3, 0.4) is 0 Å². The van der Waals surface area contributed by atoms with E-state index in [1.807, 2.05) is 29.2 Å². The molecule has 9 nitrogen and oxygen atoms in total. The standard InChI is InChI=1S/C24H24N6O3S/c1-3-21(31)29-13-6-7-16(12-14-29)30-18-9-5-4-8-17(18)25-24(30)26-22(32)19-10-11-20(34-19)23-28-27-15(2)33-23/h3-5,8-11,16H,1,6-7,12-14H2,2H3,(H,25,26,32)/t16-/m1/s1. The number of para-hydroxylation sites is 2. The molecule has 174 valence electrons. The minimum atomic E-state index is -0.249. The van der Waals surface area contributed by atoms with Crippen molar-refractivity contribution in [3.05, 3.63) is 59.8 Å². The van der Waals surface area contributed by atoms with Gasteiger partial charge in [0.15, 0.2) is 0 Å². The monoisotopic (exact) mass is 476 g/mol. The van der Waals surface area contributed by atoms with E-state index in [9.17, 15) is 9.59 Å². The van der Waals surface area contributed by atoms with Crippen molar-refractivity contribution in [1.29, 1.82) is 0 Å². The average Bonchev–Trinajstić information content (AvgIpc) is 3.53. The molecule has 5 rings (SSSR count). The molecule has 34 heavy (non-hydrogen) atoms. The first-order valence-electron chi connectivity index (χ1n) is 11.1. The molecule has 0 spiro atoms. The third-order valence-electron chi connectivity index (χ3n) is 5.94. The van der Waals surface area contributed by atoms with Crippen LogP contribution in [-0.4, -0.2) is 49.6 Å². The van der Waals surface area contributed by atoms with Gasteiger partial charge in [-0.3, -0.25) is 14.9 Å². The summed E-state index contributed by atoms with van der Waals surface area (Å²) in [7, 11) is 0. The molecule has 10 heteroatoms. The van der Waals surface area contributed by atoms with Crippen molar-refractivity contribution in [3.8, 4) is 10.8 Å². The minimum Gasteiger partial charge on any atom is -0.420 e. The molecule has 1 N–H and O–H groups in total. The van der Waals surface area contributed by atoms with Crippen molar-refractivity contribution in [2.24, 2.45) is 0 Å². The number of likely N-dealkylation sites (tertiary alicyclic amines) is 1. The van der Waals surface area contributed by atoms with Crippen LogP contribution >= 0.6 is 11.3 Å². The number of nitrogens with zero attached hydrogens (tertiary/aromatic N) is 5. The highest BCUT2D eigenvalue weighted by Crippen LogP contribution is 2.32. The van der Waals surface area contributed by atoms with Gasteiger partial charge in [0.1, 0.15) is 0 Å². The summed E-state index contributed by atoms with van der Waals surface area (Å²) in [5.41, 5.74) is 1.77. The number of carbonyl (C=O) groups excluding carboxylic acids is 2. The second-order valence-electron chi connectivity index (χ2n) is 8.15. The summed E-state index contributed by atoms with van der Waals surface area (Å²) >= 11 is 1.29. The fourth-order valence-electron chi connectivity index (χ4n) is 4.32. The lowest BCUT2D eigenvalue weighted by Gasteiger charge is -2.21. The lowest BCUT2D eigenvalue weighted by Crippen LogP contribution is -2.30. The first kappa shape index (κ1) is 22.0. The van der Waals surface area contributed by atoms with E-state index in [-0.39, 0.29) is 17.9 Å². The van der Waals surface area contributed by atoms with Crippen LogP contribution in [0.4, 0.5) is 5.95 Å². The number of amides is 2. The van der Waals surface area contributed by atoms with E-state index in [2.05, 4.69) is 26.7 Å². The van der Waals surface area contributed by atoms with E-state index < -0.39 is 0 Å². The summed E-state index contributed by atoms with van der Waals surface area (Å²) in [6, 6.07) is 11.5. The fraction of sp³-hybridized carbons (Fsp3) is 0.292. The van der Waals surface area contributed by atoms with Gasteiger partial charge in [0.05, 0.1) is 20.8 Å². The maximum atomic E-state index is 13.1. The molecule has 4 heterocycles. The van der Waals surface area contributed by atoms with Crippen LogP contribution in [0.5, 0.6) is 0 Å². The van der Waals surface area contributed by atoms with Crippen LogP contribution in [0.1, 0.15) is 40.9 Å². The van der Waals surface area contributed by atoms with E-state index in [4.69, 9.17) is 9.40 Å². The smallest absolute Gasteiger partial charge is 0.268 e.